The number of rotatable bonds is 5. The molecule has 1 saturated heterocycles. The number of nitrogens with zero attached hydrogens (tertiary/aromatic N) is 5. The van der Waals surface area contributed by atoms with E-state index in [-0.39, 0.29) is 18.6 Å². The quantitative estimate of drug-likeness (QED) is 0.567. The van der Waals surface area contributed by atoms with Crippen molar-refractivity contribution in [2.24, 2.45) is 7.05 Å². The summed E-state index contributed by atoms with van der Waals surface area (Å²) in [5.74, 6) is 6.49. The van der Waals surface area contributed by atoms with Crippen molar-refractivity contribution in [3.8, 4) is 11.8 Å². The molecule has 0 aliphatic carbocycles. The van der Waals surface area contributed by atoms with E-state index in [1.165, 1.54) is 4.57 Å². The Hall–Kier alpha value is -2.86. The summed E-state index contributed by atoms with van der Waals surface area (Å²) in [5, 5.41) is 3.30. The van der Waals surface area contributed by atoms with Crippen LogP contribution in [0.3, 0.4) is 0 Å². The van der Waals surface area contributed by atoms with Crippen molar-refractivity contribution in [3.05, 3.63) is 16.2 Å². The fourth-order valence-corrected chi connectivity index (χ4v) is 3.10. The Balaban J connectivity index is 2.12. The summed E-state index contributed by atoms with van der Waals surface area (Å²) in [7, 11) is 1.61. The number of carbonyl (C=O) groups excluding carboxylic acids is 1. The third kappa shape index (κ3) is 3.80. The molecule has 9 heteroatoms. The first-order chi connectivity index (χ1) is 13.1. The Morgan fingerprint density at radius 2 is 2.04 bits per heavy atom. The summed E-state index contributed by atoms with van der Waals surface area (Å²) in [6.45, 7) is 7.43. The number of nitrogens with one attached hydrogen (secondary N) is 1. The molecule has 0 saturated carbocycles. The molecule has 2 aromatic rings. The van der Waals surface area contributed by atoms with Crippen molar-refractivity contribution in [1.82, 2.24) is 24.4 Å². The Labute approximate surface area is 157 Å². The van der Waals surface area contributed by atoms with Crippen LogP contribution in [0.4, 0.5) is 5.95 Å². The second-order valence-electron chi connectivity index (χ2n) is 6.21. The van der Waals surface area contributed by atoms with E-state index in [2.05, 4.69) is 32.0 Å². The zero-order chi connectivity index (χ0) is 19.4. The topological polar surface area (TPSA) is 94.3 Å². The van der Waals surface area contributed by atoms with Crippen LogP contribution in [0, 0.1) is 11.8 Å². The highest BCUT2D eigenvalue weighted by atomic mass is 16.5. The van der Waals surface area contributed by atoms with Gasteiger partial charge in [-0.05, 0) is 13.8 Å². The maximum atomic E-state index is 13.0. The number of ether oxygens (including phenoxy) is 1. The van der Waals surface area contributed by atoms with Crippen molar-refractivity contribution in [3.63, 3.8) is 0 Å². The highest BCUT2D eigenvalue weighted by Crippen LogP contribution is 2.20. The van der Waals surface area contributed by atoms with Crippen LogP contribution in [0.1, 0.15) is 19.7 Å². The number of esters is 1. The minimum atomic E-state index is -0.419. The third-order valence-electron chi connectivity index (χ3n) is 4.48. The average Bonchev–Trinajstić information content (AvgIpc) is 3.03. The van der Waals surface area contributed by atoms with Gasteiger partial charge in [0, 0.05) is 33.2 Å². The van der Waals surface area contributed by atoms with Crippen molar-refractivity contribution in [2.45, 2.75) is 26.8 Å². The maximum Gasteiger partial charge on any atom is 0.313 e. The minimum Gasteiger partial charge on any atom is -0.466 e. The van der Waals surface area contributed by atoms with Gasteiger partial charge in [-0.15, -0.1) is 5.92 Å². The first kappa shape index (κ1) is 18.9. The molecule has 144 valence electrons. The molecule has 0 radical (unpaired) electrons. The normalized spacial score (nSPS) is 14.1. The van der Waals surface area contributed by atoms with E-state index in [0.717, 1.165) is 26.2 Å². The molecule has 0 unspecified atom stereocenters. The average molecular weight is 372 g/mol. The number of hydrogen-bond acceptors (Lipinski definition) is 7. The number of aromatic nitrogens is 4. The van der Waals surface area contributed by atoms with Gasteiger partial charge in [0.1, 0.15) is 12.2 Å². The van der Waals surface area contributed by atoms with Gasteiger partial charge in [0.15, 0.2) is 11.2 Å². The predicted molar refractivity (Wildman–Crippen MR) is 102 cm³/mol. The molecule has 3 heterocycles. The van der Waals surface area contributed by atoms with Gasteiger partial charge in [0.25, 0.3) is 5.56 Å². The molecule has 27 heavy (non-hydrogen) atoms. The van der Waals surface area contributed by atoms with Gasteiger partial charge in [-0.1, -0.05) is 5.92 Å². The van der Waals surface area contributed by atoms with Gasteiger partial charge in [0.05, 0.1) is 13.2 Å². The van der Waals surface area contributed by atoms with Crippen LogP contribution in [-0.4, -0.2) is 57.9 Å². The Morgan fingerprint density at radius 3 is 2.70 bits per heavy atom. The summed E-state index contributed by atoms with van der Waals surface area (Å²) < 4.78 is 8.18. The highest BCUT2D eigenvalue weighted by Gasteiger charge is 2.23. The lowest BCUT2D eigenvalue weighted by Crippen LogP contribution is -2.44. The molecule has 2 aromatic heterocycles. The van der Waals surface area contributed by atoms with Gasteiger partial charge < -0.3 is 15.0 Å². The predicted octanol–water partition coefficient (Wildman–Crippen LogP) is -0.331. The lowest BCUT2D eigenvalue weighted by Gasteiger charge is -2.28. The van der Waals surface area contributed by atoms with E-state index in [4.69, 9.17) is 4.74 Å². The first-order valence-electron chi connectivity index (χ1n) is 9.03. The SMILES string of the molecule is CC#CCn1c(N2CCNCC2)nc2nc(CC(=O)OCC)n(C)c(=O)c21. The molecular weight excluding hydrogens is 348 g/mol. The molecule has 1 fully saturated rings. The number of carbonyl (C=O) groups is 1. The molecule has 0 bridgehead atoms. The first-order valence-corrected chi connectivity index (χ1v) is 9.03. The lowest BCUT2D eigenvalue weighted by atomic mass is 10.3. The largest absolute Gasteiger partial charge is 0.466 e. The van der Waals surface area contributed by atoms with E-state index >= 15 is 0 Å². The molecule has 9 nitrogen and oxygen atoms in total. The Morgan fingerprint density at radius 1 is 1.30 bits per heavy atom. The van der Waals surface area contributed by atoms with Crippen molar-refractivity contribution < 1.29 is 9.53 Å². The van der Waals surface area contributed by atoms with Crippen LogP contribution in [0.15, 0.2) is 4.79 Å². The summed E-state index contributed by atoms with van der Waals surface area (Å²) >= 11 is 0. The number of anilines is 1. The van der Waals surface area contributed by atoms with E-state index in [0.29, 0.717) is 29.5 Å². The Kier molecular flexibility index (Phi) is 5.76. The van der Waals surface area contributed by atoms with Crippen molar-refractivity contribution >= 4 is 23.1 Å². The fraction of sp³-hybridized carbons (Fsp3) is 0.556. The van der Waals surface area contributed by atoms with Crippen LogP contribution in [-0.2, 0) is 29.5 Å². The van der Waals surface area contributed by atoms with Crippen LogP contribution < -0.4 is 15.8 Å². The standard InChI is InChI=1S/C18H24N6O3/c1-4-6-9-24-15-16(21-18(24)23-10-7-19-8-11-23)20-13(22(3)17(15)26)12-14(25)27-5-2/h19H,5,7-12H2,1-3H3. The second-order valence-corrected chi connectivity index (χ2v) is 6.21. The number of hydrogen-bond donors (Lipinski definition) is 1. The third-order valence-corrected chi connectivity index (χ3v) is 4.48. The summed E-state index contributed by atoms with van der Waals surface area (Å²) in [6.07, 6.45) is -0.0693. The molecule has 1 aliphatic rings. The van der Waals surface area contributed by atoms with Crippen molar-refractivity contribution in [2.75, 3.05) is 37.7 Å². The zero-order valence-corrected chi connectivity index (χ0v) is 15.9. The summed E-state index contributed by atoms with van der Waals surface area (Å²) in [6, 6.07) is 0. The fourth-order valence-electron chi connectivity index (χ4n) is 3.10. The zero-order valence-electron chi connectivity index (χ0n) is 15.9. The summed E-state index contributed by atoms with van der Waals surface area (Å²) in [5.41, 5.74) is 0.497. The summed E-state index contributed by atoms with van der Waals surface area (Å²) in [4.78, 5) is 36.1. The number of fused-ring (bicyclic) bond motifs is 1. The molecule has 1 aliphatic heterocycles. The van der Waals surface area contributed by atoms with Gasteiger partial charge in [0.2, 0.25) is 5.95 Å². The van der Waals surface area contributed by atoms with E-state index in [1.807, 2.05) is 4.57 Å². The smallest absolute Gasteiger partial charge is 0.313 e. The maximum absolute atomic E-state index is 13.0. The van der Waals surface area contributed by atoms with Crippen LogP contribution in [0.2, 0.25) is 0 Å². The molecule has 0 amide bonds. The van der Waals surface area contributed by atoms with Crippen LogP contribution >= 0.6 is 0 Å². The number of imidazole rings is 1. The Bertz CT molecular complexity index is 959. The molecule has 3 rings (SSSR count). The molecule has 1 N–H and O–H groups in total. The van der Waals surface area contributed by atoms with Gasteiger partial charge in [-0.25, -0.2) is 4.98 Å². The van der Waals surface area contributed by atoms with E-state index in [1.54, 1.807) is 20.9 Å². The molecule has 0 spiro atoms. The van der Waals surface area contributed by atoms with Gasteiger partial charge >= 0.3 is 5.97 Å². The minimum absolute atomic E-state index is 0.0693. The molecular formula is C18H24N6O3. The monoisotopic (exact) mass is 372 g/mol. The molecule has 0 atom stereocenters. The highest BCUT2D eigenvalue weighted by molar-refractivity contribution is 5.76. The second kappa shape index (κ2) is 8.22. The van der Waals surface area contributed by atoms with Crippen LogP contribution in [0.25, 0.3) is 11.2 Å². The van der Waals surface area contributed by atoms with Crippen LogP contribution in [0.5, 0.6) is 0 Å². The van der Waals surface area contributed by atoms with Gasteiger partial charge in [-0.3, -0.25) is 18.7 Å². The lowest BCUT2D eigenvalue weighted by molar-refractivity contribution is -0.142. The van der Waals surface area contributed by atoms with Gasteiger partial charge in [-0.2, -0.15) is 4.98 Å². The van der Waals surface area contributed by atoms with E-state index in [9.17, 15) is 9.59 Å². The number of piperazine rings is 1. The molecule has 0 aromatic carbocycles. The van der Waals surface area contributed by atoms with Crippen molar-refractivity contribution in [1.29, 1.82) is 0 Å². The van der Waals surface area contributed by atoms with E-state index < -0.39 is 5.97 Å².